The maximum absolute atomic E-state index is 11.8. The Bertz CT molecular complexity index is 295. The zero-order valence-electron chi connectivity index (χ0n) is 11.2. The van der Waals surface area contributed by atoms with E-state index in [1.807, 2.05) is 20.8 Å². The minimum absolute atomic E-state index is 0.0619. The molecule has 0 spiro atoms. The molecule has 1 heterocycles. The molecule has 1 rings (SSSR count). The van der Waals surface area contributed by atoms with Gasteiger partial charge in [-0.15, -0.1) is 11.8 Å². The van der Waals surface area contributed by atoms with Crippen LogP contribution in [-0.2, 0) is 19.1 Å². The van der Waals surface area contributed by atoms with E-state index in [-0.39, 0.29) is 17.6 Å². The van der Waals surface area contributed by atoms with E-state index >= 15 is 0 Å². The summed E-state index contributed by atoms with van der Waals surface area (Å²) in [7, 11) is 0. The molecule has 1 fully saturated rings. The molecular formula is C12H21NO4S. The van der Waals surface area contributed by atoms with Crippen molar-refractivity contribution in [1.29, 1.82) is 0 Å². The van der Waals surface area contributed by atoms with Gasteiger partial charge in [0, 0.05) is 13.1 Å². The number of hydrogen-bond acceptors (Lipinski definition) is 5. The first-order chi connectivity index (χ1) is 8.38. The van der Waals surface area contributed by atoms with Gasteiger partial charge in [0.05, 0.1) is 24.7 Å². The van der Waals surface area contributed by atoms with Crippen LogP contribution in [0.3, 0.4) is 0 Å². The second kappa shape index (κ2) is 6.99. The number of carbonyl (C=O) groups is 2. The fourth-order valence-electron chi connectivity index (χ4n) is 1.50. The quantitative estimate of drug-likeness (QED) is 0.714. The van der Waals surface area contributed by atoms with Gasteiger partial charge in [-0.1, -0.05) is 0 Å². The van der Waals surface area contributed by atoms with Gasteiger partial charge in [0.1, 0.15) is 5.60 Å². The molecule has 1 aliphatic heterocycles. The largest absolute Gasteiger partial charge is 0.459 e. The Morgan fingerprint density at radius 2 is 1.83 bits per heavy atom. The molecule has 1 aliphatic rings. The summed E-state index contributed by atoms with van der Waals surface area (Å²) < 4.78 is 10.3. The molecule has 0 unspecified atom stereocenters. The van der Waals surface area contributed by atoms with Crippen LogP contribution in [0.2, 0.25) is 0 Å². The summed E-state index contributed by atoms with van der Waals surface area (Å²) in [5, 5.41) is 0. The Morgan fingerprint density at radius 1 is 1.22 bits per heavy atom. The third kappa shape index (κ3) is 6.26. The van der Waals surface area contributed by atoms with E-state index in [2.05, 4.69) is 0 Å². The van der Waals surface area contributed by atoms with Gasteiger partial charge in [0.25, 0.3) is 0 Å². The second-order valence-corrected chi connectivity index (χ2v) is 6.06. The molecule has 0 aromatic carbocycles. The molecule has 104 valence electrons. The first-order valence-corrected chi connectivity index (χ1v) is 7.19. The average molecular weight is 275 g/mol. The molecule has 1 saturated heterocycles. The first kappa shape index (κ1) is 15.3. The predicted octanol–water partition coefficient (Wildman–Crippen LogP) is 0.920. The van der Waals surface area contributed by atoms with E-state index in [9.17, 15) is 9.59 Å². The standard InChI is InChI=1S/C12H21NO4S/c1-12(2,3)17-11(15)9-18-8-10(14)13-4-6-16-7-5-13/h4-9H2,1-3H3. The van der Waals surface area contributed by atoms with Crippen molar-refractivity contribution in [3.05, 3.63) is 0 Å². The normalized spacial score (nSPS) is 16.5. The number of thioether (sulfide) groups is 1. The zero-order chi connectivity index (χ0) is 13.6. The molecule has 0 bridgehead atoms. The van der Waals surface area contributed by atoms with Crippen LogP contribution in [0.1, 0.15) is 20.8 Å². The first-order valence-electron chi connectivity index (χ1n) is 6.03. The van der Waals surface area contributed by atoms with Crippen LogP contribution in [0.15, 0.2) is 0 Å². The summed E-state index contributed by atoms with van der Waals surface area (Å²) in [5.41, 5.74) is -0.466. The summed E-state index contributed by atoms with van der Waals surface area (Å²) in [6, 6.07) is 0. The van der Waals surface area contributed by atoms with Crippen molar-refractivity contribution in [2.45, 2.75) is 26.4 Å². The number of rotatable bonds is 4. The number of amides is 1. The van der Waals surface area contributed by atoms with E-state index in [1.54, 1.807) is 4.90 Å². The lowest BCUT2D eigenvalue weighted by Crippen LogP contribution is -2.41. The lowest BCUT2D eigenvalue weighted by atomic mass is 10.2. The maximum Gasteiger partial charge on any atom is 0.316 e. The second-order valence-electron chi connectivity index (χ2n) is 5.07. The third-order valence-corrected chi connectivity index (χ3v) is 3.12. The highest BCUT2D eigenvalue weighted by atomic mass is 32.2. The number of nitrogens with zero attached hydrogens (tertiary/aromatic N) is 1. The summed E-state index contributed by atoms with van der Waals surface area (Å²) in [5.74, 6) is 0.321. The molecule has 0 aliphatic carbocycles. The number of carbonyl (C=O) groups excluding carboxylic acids is 2. The minimum atomic E-state index is -0.466. The lowest BCUT2D eigenvalue weighted by molar-refractivity contribution is -0.151. The summed E-state index contributed by atoms with van der Waals surface area (Å²) in [6.07, 6.45) is 0. The Hall–Kier alpha value is -0.750. The van der Waals surface area contributed by atoms with Crippen LogP contribution in [0.5, 0.6) is 0 Å². The molecule has 18 heavy (non-hydrogen) atoms. The molecule has 5 nitrogen and oxygen atoms in total. The average Bonchev–Trinajstić information content (AvgIpc) is 2.27. The van der Waals surface area contributed by atoms with Gasteiger partial charge in [-0.25, -0.2) is 0 Å². The molecule has 0 aromatic rings. The molecule has 0 atom stereocenters. The molecule has 6 heteroatoms. The Morgan fingerprint density at radius 3 is 2.39 bits per heavy atom. The number of esters is 1. The summed E-state index contributed by atoms with van der Waals surface area (Å²) >= 11 is 1.30. The van der Waals surface area contributed by atoms with Gasteiger partial charge < -0.3 is 14.4 Å². The van der Waals surface area contributed by atoms with Crippen LogP contribution >= 0.6 is 11.8 Å². The van der Waals surface area contributed by atoms with Crippen LogP contribution in [0.4, 0.5) is 0 Å². The van der Waals surface area contributed by atoms with Gasteiger partial charge in [-0.3, -0.25) is 9.59 Å². The van der Waals surface area contributed by atoms with Gasteiger partial charge in [-0.05, 0) is 20.8 Å². The molecule has 0 radical (unpaired) electrons. The maximum atomic E-state index is 11.8. The molecule has 1 amide bonds. The van der Waals surface area contributed by atoms with Crippen molar-refractivity contribution in [2.24, 2.45) is 0 Å². The number of morpholine rings is 1. The Kier molecular flexibility index (Phi) is 5.95. The van der Waals surface area contributed by atoms with Crippen LogP contribution in [0, 0.1) is 0 Å². The van der Waals surface area contributed by atoms with Gasteiger partial charge in [0.2, 0.25) is 5.91 Å². The van der Waals surface area contributed by atoms with E-state index < -0.39 is 5.60 Å². The Balaban J connectivity index is 2.17. The van der Waals surface area contributed by atoms with Gasteiger partial charge >= 0.3 is 5.97 Å². The van der Waals surface area contributed by atoms with Crippen molar-refractivity contribution < 1.29 is 19.1 Å². The summed E-state index contributed by atoms with van der Waals surface area (Å²) in [4.78, 5) is 25.0. The Labute approximate surface area is 112 Å². The highest BCUT2D eigenvalue weighted by Gasteiger charge is 2.19. The van der Waals surface area contributed by atoms with Gasteiger partial charge in [-0.2, -0.15) is 0 Å². The van der Waals surface area contributed by atoms with E-state index in [0.717, 1.165) is 0 Å². The lowest BCUT2D eigenvalue weighted by Gasteiger charge is -2.26. The minimum Gasteiger partial charge on any atom is -0.459 e. The molecule has 0 N–H and O–H groups in total. The van der Waals surface area contributed by atoms with Crippen LogP contribution < -0.4 is 0 Å². The fraction of sp³-hybridized carbons (Fsp3) is 0.833. The predicted molar refractivity (Wildman–Crippen MR) is 70.6 cm³/mol. The van der Waals surface area contributed by atoms with Crippen molar-refractivity contribution in [1.82, 2.24) is 4.90 Å². The SMILES string of the molecule is CC(C)(C)OC(=O)CSCC(=O)N1CCOCC1. The van der Waals surface area contributed by atoms with Crippen molar-refractivity contribution in [3.8, 4) is 0 Å². The smallest absolute Gasteiger partial charge is 0.316 e. The molecule has 0 saturated carbocycles. The van der Waals surface area contributed by atoms with Gasteiger partial charge in [0.15, 0.2) is 0 Å². The topological polar surface area (TPSA) is 55.8 Å². The highest BCUT2D eigenvalue weighted by molar-refractivity contribution is 8.00. The number of hydrogen-bond donors (Lipinski definition) is 0. The monoisotopic (exact) mass is 275 g/mol. The number of ether oxygens (including phenoxy) is 2. The van der Waals surface area contributed by atoms with E-state index in [0.29, 0.717) is 32.1 Å². The summed E-state index contributed by atoms with van der Waals surface area (Å²) in [6.45, 7) is 7.97. The van der Waals surface area contributed by atoms with E-state index in [1.165, 1.54) is 11.8 Å². The highest BCUT2D eigenvalue weighted by Crippen LogP contribution is 2.11. The molecule has 0 aromatic heterocycles. The third-order valence-electron chi connectivity index (χ3n) is 2.23. The fourth-order valence-corrected chi connectivity index (χ4v) is 2.18. The van der Waals surface area contributed by atoms with Crippen LogP contribution in [-0.4, -0.2) is 60.2 Å². The zero-order valence-corrected chi connectivity index (χ0v) is 12.0. The molecular weight excluding hydrogens is 254 g/mol. The van der Waals surface area contributed by atoms with Crippen LogP contribution in [0.25, 0.3) is 0 Å². The van der Waals surface area contributed by atoms with Crippen molar-refractivity contribution in [3.63, 3.8) is 0 Å². The van der Waals surface area contributed by atoms with Crippen molar-refractivity contribution >= 4 is 23.6 Å². The van der Waals surface area contributed by atoms with Crippen molar-refractivity contribution in [2.75, 3.05) is 37.8 Å². The van der Waals surface area contributed by atoms with E-state index in [4.69, 9.17) is 9.47 Å².